The molecule has 1 unspecified atom stereocenters. The summed E-state index contributed by atoms with van der Waals surface area (Å²) in [5.74, 6) is 0. The van der Waals surface area contributed by atoms with Crippen molar-refractivity contribution in [1.29, 1.82) is 0 Å². The van der Waals surface area contributed by atoms with Crippen LogP contribution in [-0.2, 0) is 6.42 Å². The first-order valence-electron chi connectivity index (χ1n) is 6.02. The third kappa shape index (κ3) is 3.46. The molecule has 18 heavy (non-hydrogen) atoms. The van der Waals surface area contributed by atoms with E-state index in [1.54, 1.807) is 0 Å². The van der Waals surface area contributed by atoms with E-state index in [2.05, 4.69) is 88.2 Å². The van der Waals surface area contributed by atoms with Gasteiger partial charge in [-0.1, -0.05) is 67.8 Å². The van der Waals surface area contributed by atoms with E-state index in [1.165, 1.54) is 22.3 Å². The molecule has 0 spiro atoms. The molecule has 0 aliphatic heterocycles. The van der Waals surface area contributed by atoms with E-state index < -0.39 is 0 Å². The SMILES string of the molecule is Cc1ccc(C(Br)Cc2cccc(Br)c2)c(C)c1. The first-order valence-corrected chi connectivity index (χ1v) is 7.73. The molecular formula is C16H16Br2. The standard InChI is InChI=1S/C16H16Br2/c1-11-6-7-15(12(2)8-11)16(18)10-13-4-3-5-14(17)9-13/h3-9,16H,10H2,1-2H3. The lowest BCUT2D eigenvalue weighted by molar-refractivity contribution is 0.936. The largest absolute Gasteiger partial charge is 0.0835 e. The lowest BCUT2D eigenvalue weighted by atomic mass is 9.99. The molecule has 0 saturated heterocycles. The Morgan fingerprint density at radius 2 is 1.83 bits per heavy atom. The van der Waals surface area contributed by atoms with E-state index in [9.17, 15) is 0 Å². The summed E-state index contributed by atoms with van der Waals surface area (Å²) in [4.78, 5) is 0.368. The molecule has 94 valence electrons. The number of halogens is 2. The molecule has 0 aliphatic carbocycles. The summed E-state index contributed by atoms with van der Waals surface area (Å²) < 4.78 is 1.14. The van der Waals surface area contributed by atoms with Crippen LogP contribution in [0.2, 0.25) is 0 Å². The van der Waals surface area contributed by atoms with Gasteiger partial charge >= 0.3 is 0 Å². The fourth-order valence-electron chi connectivity index (χ4n) is 2.16. The molecule has 0 aromatic heterocycles. The minimum absolute atomic E-state index is 0.368. The highest BCUT2D eigenvalue weighted by Gasteiger charge is 2.11. The Bertz CT molecular complexity index is 547. The molecule has 2 aromatic rings. The zero-order chi connectivity index (χ0) is 13.1. The van der Waals surface area contributed by atoms with Gasteiger partial charge in [0.05, 0.1) is 0 Å². The number of benzene rings is 2. The van der Waals surface area contributed by atoms with Gasteiger partial charge in [-0.2, -0.15) is 0 Å². The predicted molar refractivity (Wildman–Crippen MR) is 85.4 cm³/mol. The van der Waals surface area contributed by atoms with Crippen molar-refractivity contribution in [2.24, 2.45) is 0 Å². The molecule has 2 heteroatoms. The number of aryl methyl sites for hydroxylation is 2. The average molecular weight is 368 g/mol. The van der Waals surface area contributed by atoms with Crippen molar-refractivity contribution >= 4 is 31.9 Å². The Hall–Kier alpha value is -0.600. The van der Waals surface area contributed by atoms with Crippen LogP contribution in [0, 0.1) is 13.8 Å². The topological polar surface area (TPSA) is 0 Å². The highest BCUT2D eigenvalue weighted by atomic mass is 79.9. The predicted octanol–water partition coefficient (Wildman–Crippen LogP) is 5.74. The summed E-state index contributed by atoms with van der Waals surface area (Å²) in [5.41, 5.74) is 5.39. The molecule has 2 aromatic carbocycles. The number of alkyl halides is 1. The average Bonchev–Trinajstić information content (AvgIpc) is 2.28. The van der Waals surface area contributed by atoms with Crippen LogP contribution >= 0.6 is 31.9 Å². The van der Waals surface area contributed by atoms with Crippen molar-refractivity contribution in [2.45, 2.75) is 25.1 Å². The monoisotopic (exact) mass is 366 g/mol. The van der Waals surface area contributed by atoms with Crippen LogP contribution in [0.3, 0.4) is 0 Å². The molecule has 0 aliphatic rings. The van der Waals surface area contributed by atoms with Gasteiger partial charge in [0, 0.05) is 9.30 Å². The molecule has 0 bridgehead atoms. The number of hydrogen-bond acceptors (Lipinski definition) is 0. The molecule has 0 heterocycles. The second kappa shape index (κ2) is 6.03. The second-order valence-corrected chi connectivity index (χ2v) is 6.68. The summed E-state index contributed by atoms with van der Waals surface area (Å²) in [6.07, 6.45) is 1.00. The first-order chi connectivity index (χ1) is 8.56. The Balaban J connectivity index is 2.19. The maximum atomic E-state index is 3.81. The zero-order valence-corrected chi connectivity index (χ0v) is 13.8. The Kier molecular flexibility index (Phi) is 4.63. The Labute approximate surface area is 126 Å². The zero-order valence-electron chi connectivity index (χ0n) is 10.6. The highest BCUT2D eigenvalue weighted by molar-refractivity contribution is 9.10. The molecule has 0 fully saturated rings. The lowest BCUT2D eigenvalue weighted by Gasteiger charge is -2.14. The van der Waals surface area contributed by atoms with Crippen molar-refractivity contribution in [3.05, 3.63) is 69.2 Å². The van der Waals surface area contributed by atoms with Gasteiger partial charge in [0.15, 0.2) is 0 Å². The maximum Gasteiger partial charge on any atom is 0.0438 e. The summed E-state index contributed by atoms with van der Waals surface area (Å²) in [5, 5.41) is 0. The molecule has 0 radical (unpaired) electrons. The molecule has 0 saturated carbocycles. The molecule has 2 rings (SSSR count). The summed E-state index contributed by atoms with van der Waals surface area (Å²) in [6.45, 7) is 4.31. The van der Waals surface area contributed by atoms with Crippen LogP contribution in [0.4, 0.5) is 0 Å². The third-order valence-electron chi connectivity index (χ3n) is 3.07. The van der Waals surface area contributed by atoms with Gasteiger partial charge in [-0.15, -0.1) is 0 Å². The van der Waals surface area contributed by atoms with E-state index in [4.69, 9.17) is 0 Å². The van der Waals surface area contributed by atoms with Crippen LogP contribution in [0.25, 0.3) is 0 Å². The molecule has 0 amide bonds. The van der Waals surface area contributed by atoms with E-state index in [0.717, 1.165) is 10.9 Å². The summed E-state index contributed by atoms with van der Waals surface area (Å²) in [7, 11) is 0. The van der Waals surface area contributed by atoms with Crippen molar-refractivity contribution < 1.29 is 0 Å². The van der Waals surface area contributed by atoms with Crippen molar-refractivity contribution in [1.82, 2.24) is 0 Å². The minimum atomic E-state index is 0.368. The Morgan fingerprint density at radius 3 is 2.50 bits per heavy atom. The molecule has 1 atom stereocenters. The fourth-order valence-corrected chi connectivity index (χ4v) is 3.49. The summed E-state index contributed by atoms with van der Waals surface area (Å²) >= 11 is 7.32. The van der Waals surface area contributed by atoms with Gasteiger partial charge in [0.25, 0.3) is 0 Å². The van der Waals surface area contributed by atoms with Crippen molar-refractivity contribution in [3.63, 3.8) is 0 Å². The van der Waals surface area contributed by atoms with Gasteiger partial charge in [-0.25, -0.2) is 0 Å². The van der Waals surface area contributed by atoms with Crippen molar-refractivity contribution in [2.75, 3.05) is 0 Å². The van der Waals surface area contributed by atoms with Crippen LogP contribution in [0.15, 0.2) is 46.9 Å². The van der Waals surface area contributed by atoms with Gasteiger partial charge < -0.3 is 0 Å². The number of rotatable bonds is 3. The quantitative estimate of drug-likeness (QED) is 0.606. The minimum Gasteiger partial charge on any atom is -0.0835 e. The van der Waals surface area contributed by atoms with Crippen LogP contribution in [0.1, 0.15) is 27.1 Å². The summed E-state index contributed by atoms with van der Waals surface area (Å²) in [6, 6.07) is 15.1. The normalized spacial score (nSPS) is 12.4. The van der Waals surface area contributed by atoms with Gasteiger partial charge in [0.1, 0.15) is 0 Å². The van der Waals surface area contributed by atoms with E-state index in [1.807, 2.05) is 0 Å². The lowest BCUT2D eigenvalue weighted by Crippen LogP contribution is -1.98. The van der Waals surface area contributed by atoms with Gasteiger partial charge in [-0.05, 0) is 49.1 Å². The van der Waals surface area contributed by atoms with Crippen LogP contribution in [-0.4, -0.2) is 0 Å². The number of hydrogen-bond donors (Lipinski definition) is 0. The molecular weight excluding hydrogens is 352 g/mol. The smallest absolute Gasteiger partial charge is 0.0438 e. The third-order valence-corrected chi connectivity index (χ3v) is 4.38. The van der Waals surface area contributed by atoms with Crippen LogP contribution in [0.5, 0.6) is 0 Å². The molecule has 0 N–H and O–H groups in total. The van der Waals surface area contributed by atoms with E-state index >= 15 is 0 Å². The maximum absolute atomic E-state index is 3.81. The van der Waals surface area contributed by atoms with Gasteiger partial charge in [0.2, 0.25) is 0 Å². The van der Waals surface area contributed by atoms with Crippen molar-refractivity contribution in [3.8, 4) is 0 Å². The van der Waals surface area contributed by atoms with E-state index in [-0.39, 0.29) is 0 Å². The fraction of sp³-hybridized carbons (Fsp3) is 0.250. The van der Waals surface area contributed by atoms with Crippen LogP contribution < -0.4 is 0 Å². The highest BCUT2D eigenvalue weighted by Crippen LogP contribution is 2.30. The molecule has 0 nitrogen and oxygen atoms in total. The van der Waals surface area contributed by atoms with Gasteiger partial charge in [-0.3, -0.25) is 0 Å². The second-order valence-electron chi connectivity index (χ2n) is 4.66. The van der Waals surface area contributed by atoms with E-state index in [0.29, 0.717) is 4.83 Å². The first kappa shape index (κ1) is 13.8. The Morgan fingerprint density at radius 1 is 1.06 bits per heavy atom.